The molecule has 0 unspecified atom stereocenters. The van der Waals surface area contributed by atoms with Gasteiger partial charge in [0.25, 0.3) is 5.91 Å². The summed E-state index contributed by atoms with van der Waals surface area (Å²) in [6.07, 6.45) is -0.518. The Morgan fingerprint density at radius 2 is 2.19 bits per heavy atom. The lowest BCUT2D eigenvalue weighted by molar-refractivity contribution is -0.0261. The van der Waals surface area contributed by atoms with Crippen LogP contribution in [0.3, 0.4) is 0 Å². The Labute approximate surface area is 121 Å². The number of nitrogens with one attached hydrogen (secondary N) is 1. The number of rotatable bonds is 3. The first-order chi connectivity index (χ1) is 9.79. The van der Waals surface area contributed by atoms with Crippen molar-refractivity contribution in [2.75, 3.05) is 13.2 Å². The second-order valence-electron chi connectivity index (χ2n) is 4.70. The van der Waals surface area contributed by atoms with Gasteiger partial charge in [-0.3, -0.25) is 4.79 Å². The molecule has 1 saturated heterocycles. The summed E-state index contributed by atoms with van der Waals surface area (Å²) in [5, 5.41) is 17.1. The van der Waals surface area contributed by atoms with E-state index in [-0.39, 0.29) is 11.5 Å². The fraction of sp³-hybridized carbons (Fsp3) is 0.417. The highest BCUT2D eigenvalue weighted by Crippen LogP contribution is 2.15. The zero-order valence-corrected chi connectivity index (χ0v) is 11.8. The first-order valence-corrected chi connectivity index (χ1v) is 7.72. The van der Waals surface area contributed by atoms with Crippen molar-refractivity contribution in [3.05, 3.63) is 29.6 Å². The summed E-state index contributed by atoms with van der Waals surface area (Å²) < 4.78 is 41.1. The Hall–Kier alpha value is -1.55. The third kappa shape index (κ3) is 3.76. The van der Waals surface area contributed by atoms with E-state index in [0.29, 0.717) is 13.0 Å². The molecule has 0 spiro atoms. The van der Waals surface area contributed by atoms with Crippen molar-refractivity contribution in [2.24, 2.45) is 5.14 Å². The summed E-state index contributed by atoms with van der Waals surface area (Å²) in [6, 6.07) is 2.12. The van der Waals surface area contributed by atoms with Crippen LogP contribution < -0.4 is 10.5 Å². The van der Waals surface area contributed by atoms with Gasteiger partial charge < -0.3 is 15.2 Å². The molecular weight excluding hydrogens is 303 g/mol. The number of carbonyl (C=O) groups is 1. The lowest BCUT2D eigenvalue weighted by Gasteiger charge is -2.28. The summed E-state index contributed by atoms with van der Waals surface area (Å²) >= 11 is 0. The van der Waals surface area contributed by atoms with Gasteiger partial charge in [0.2, 0.25) is 10.0 Å². The van der Waals surface area contributed by atoms with Crippen molar-refractivity contribution < 1.29 is 27.4 Å². The van der Waals surface area contributed by atoms with Crippen LogP contribution >= 0.6 is 0 Å². The van der Waals surface area contributed by atoms with Crippen LogP contribution in [0.5, 0.6) is 0 Å². The molecular formula is C12H15FN2O5S. The lowest BCUT2D eigenvalue weighted by Crippen LogP contribution is -2.48. The van der Waals surface area contributed by atoms with Crippen LogP contribution in [-0.2, 0) is 14.8 Å². The van der Waals surface area contributed by atoms with Crippen LogP contribution in [0.15, 0.2) is 23.1 Å². The number of carbonyl (C=O) groups excluding carboxylic acids is 1. The van der Waals surface area contributed by atoms with Gasteiger partial charge in [-0.15, -0.1) is 0 Å². The fourth-order valence-electron chi connectivity index (χ4n) is 1.99. The van der Waals surface area contributed by atoms with Crippen LogP contribution in [0.25, 0.3) is 0 Å². The SMILES string of the molecule is NS(=O)(=O)c1ccc(F)c(C(=O)N[C@@H]2CCOC[C@H]2O)c1. The van der Waals surface area contributed by atoms with E-state index in [4.69, 9.17) is 9.88 Å². The Morgan fingerprint density at radius 1 is 1.48 bits per heavy atom. The number of hydrogen-bond acceptors (Lipinski definition) is 5. The number of aliphatic hydroxyl groups is 1. The average Bonchev–Trinajstić information content (AvgIpc) is 2.40. The molecule has 0 bridgehead atoms. The standard InChI is InChI=1S/C12H15FN2O5S/c13-9-2-1-7(21(14,18)19)5-8(9)12(17)15-10-3-4-20-6-11(10)16/h1-2,5,10-11,16H,3-4,6H2,(H,15,17)(H2,14,18,19)/t10-,11-/m1/s1. The third-order valence-electron chi connectivity index (χ3n) is 3.15. The minimum atomic E-state index is -4.04. The van der Waals surface area contributed by atoms with Gasteiger partial charge in [-0.1, -0.05) is 0 Å². The largest absolute Gasteiger partial charge is 0.389 e. The van der Waals surface area contributed by atoms with Crippen LogP contribution in [0.1, 0.15) is 16.8 Å². The van der Waals surface area contributed by atoms with Gasteiger partial charge in [0.15, 0.2) is 0 Å². The van der Waals surface area contributed by atoms with E-state index < -0.39 is 39.5 Å². The van der Waals surface area contributed by atoms with Crippen LogP contribution in [0.4, 0.5) is 4.39 Å². The molecule has 0 aromatic heterocycles. The second kappa shape index (κ2) is 6.06. The number of ether oxygens (including phenoxy) is 1. The van der Waals surface area contributed by atoms with Crippen molar-refractivity contribution in [1.82, 2.24) is 5.32 Å². The van der Waals surface area contributed by atoms with Crippen molar-refractivity contribution in [1.29, 1.82) is 0 Å². The van der Waals surface area contributed by atoms with E-state index in [0.717, 1.165) is 18.2 Å². The maximum atomic E-state index is 13.7. The molecule has 7 nitrogen and oxygen atoms in total. The zero-order chi connectivity index (χ0) is 15.6. The van der Waals surface area contributed by atoms with Crippen molar-refractivity contribution in [3.8, 4) is 0 Å². The van der Waals surface area contributed by atoms with E-state index in [1.807, 2.05) is 0 Å². The number of primary sulfonamides is 1. The van der Waals surface area contributed by atoms with Crippen molar-refractivity contribution in [3.63, 3.8) is 0 Å². The maximum absolute atomic E-state index is 13.7. The molecule has 2 rings (SSSR count). The third-order valence-corrected chi connectivity index (χ3v) is 4.06. The predicted octanol–water partition coefficient (Wildman–Crippen LogP) is -0.647. The van der Waals surface area contributed by atoms with Crippen molar-refractivity contribution >= 4 is 15.9 Å². The van der Waals surface area contributed by atoms with Crippen molar-refractivity contribution in [2.45, 2.75) is 23.5 Å². The van der Waals surface area contributed by atoms with Crippen LogP contribution in [-0.4, -0.2) is 44.8 Å². The molecule has 1 fully saturated rings. The van der Waals surface area contributed by atoms with E-state index in [1.54, 1.807) is 0 Å². The quantitative estimate of drug-likeness (QED) is 0.684. The number of halogens is 1. The summed E-state index contributed by atoms with van der Waals surface area (Å²) in [6.45, 7) is 0.437. The number of nitrogens with two attached hydrogens (primary N) is 1. The molecule has 9 heteroatoms. The zero-order valence-electron chi connectivity index (χ0n) is 11.0. The molecule has 0 saturated carbocycles. The van der Waals surface area contributed by atoms with E-state index in [2.05, 4.69) is 5.32 Å². The minimum Gasteiger partial charge on any atom is -0.389 e. The molecule has 21 heavy (non-hydrogen) atoms. The lowest BCUT2D eigenvalue weighted by atomic mass is 10.1. The summed E-state index contributed by atoms with van der Waals surface area (Å²) in [5.41, 5.74) is -0.444. The molecule has 1 aromatic rings. The first kappa shape index (κ1) is 15.8. The van der Waals surface area contributed by atoms with Gasteiger partial charge in [0.1, 0.15) is 5.82 Å². The van der Waals surface area contributed by atoms with E-state index >= 15 is 0 Å². The highest BCUT2D eigenvalue weighted by atomic mass is 32.2. The van der Waals surface area contributed by atoms with Gasteiger partial charge in [-0.25, -0.2) is 17.9 Å². The highest BCUT2D eigenvalue weighted by molar-refractivity contribution is 7.89. The monoisotopic (exact) mass is 318 g/mol. The summed E-state index contributed by atoms with van der Waals surface area (Å²) in [5.74, 6) is -1.69. The second-order valence-corrected chi connectivity index (χ2v) is 6.26. The van der Waals surface area contributed by atoms with Gasteiger partial charge in [-0.2, -0.15) is 0 Å². The minimum absolute atomic E-state index is 0.0741. The molecule has 1 aromatic carbocycles. The number of hydrogen-bond donors (Lipinski definition) is 3. The number of amides is 1. The van der Waals surface area contributed by atoms with Crippen LogP contribution in [0, 0.1) is 5.82 Å². The number of aliphatic hydroxyl groups excluding tert-OH is 1. The van der Waals surface area contributed by atoms with Gasteiger partial charge in [0, 0.05) is 6.61 Å². The van der Waals surface area contributed by atoms with Gasteiger partial charge in [0.05, 0.1) is 29.2 Å². The smallest absolute Gasteiger partial charge is 0.254 e. The van der Waals surface area contributed by atoms with Gasteiger partial charge in [-0.05, 0) is 24.6 Å². The Balaban J connectivity index is 2.22. The van der Waals surface area contributed by atoms with Crippen LogP contribution in [0.2, 0.25) is 0 Å². The maximum Gasteiger partial charge on any atom is 0.254 e. The predicted molar refractivity (Wildman–Crippen MR) is 70.5 cm³/mol. The summed E-state index contributed by atoms with van der Waals surface area (Å²) in [7, 11) is -4.04. The average molecular weight is 318 g/mol. The summed E-state index contributed by atoms with van der Waals surface area (Å²) in [4.78, 5) is 11.7. The molecule has 1 aliphatic heterocycles. The molecule has 1 amide bonds. The number of sulfonamides is 1. The molecule has 4 N–H and O–H groups in total. The highest BCUT2D eigenvalue weighted by Gasteiger charge is 2.27. The Bertz CT molecular complexity index is 649. The Kier molecular flexibility index (Phi) is 4.57. The molecule has 1 aliphatic rings. The fourth-order valence-corrected chi connectivity index (χ4v) is 2.53. The van der Waals surface area contributed by atoms with Gasteiger partial charge >= 0.3 is 0 Å². The Morgan fingerprint density at radius 3 is 2.81 bits per heavy atom. The normalized spacial score (nSPS) is 22.8. The topological polar surface area (TPSA) is 119 Å². The first-order valence-electron chi connectivity index (χ1n) is 6.18. The molecule has 0 radical (unpaired) electrons. The van der Waals surface area contributed by atoms with E-state index in [1.165, 1.54) is 0 Å². The molecule has 116 valence electrons. The number of benzene rings is 1. The molecule has 2 atom stereocenters. The van der Waals surface area contributed by atoms with E-state index in [9.17, 15) is 22.7 Å². The molecule has 1 heterocycles. The molecule has 0 aliphatic carbocycles.